The largest absolute Gasteiger partial charge is 1.00 e. The van der Waals surface area contributed by atoms with Crippen molar-refractivity contribution in [2.75, 3.05) is 26.1 Å². The normalized spacial score (nSPS) is 10.3. The van der Waals surface area contributed by atoms with Gasteiger partial charge in [0.15, 0.2) is 0 Å². The Hall–Kier alpha value is -3.01. The van der Waals surface area contributed by atoms with Crippen LogP contribution in [0.4, 0.5) is 5.82 Å². The number of nitrogens with one attached hydrogen (secondary N) is 1. The molecular formula is C21H20N7NaO2. The second-order valence-corrected chi connectivity index (χ2v) is 6.43. The van der Waals surface area contributed by atoms with Crippen molar-refractivity contribution in [3.63, 3.8) is 0 Å². The van der Waals surface area contributed by atoms with Crippen LogP contribution in [-0.4, -0.2) is 46.3 Å². The van der Waals surface area contributed by atoms with Crippen LogP contribution in [0.2, 0.25) is 0 Å². The van der Waals surface area contributed by atoms with Gasteiger partial charge in [0.05, 0.1) is 19.9 Å². The summed E-state index contributed by atoms with van der Waals surface area (Å²) in [6.07, 6.45) is 0.843. The van der Waals surface area contributed by atoms with Gasteiger partial charge in [0, 0.05) is 24.0 Å². The average molecular weight is 425 g/mol. The summed E-state index contributed by atoms with van der Waals surface area (Å²) in [4.78, 5) is 8.87. The molecule has 31 heavy (non-hydrogen) atoms. The van der Waals surface area contributed by atoms with E-state index in [-0.39, 0.29) is 35.6 Å². The van der Waals surface area contributed by atoms with Gasteiger partial charge in [-0.3, -0.25) is 10.3 Å². The third-order valence-corrected chi connectivity index (χ3v) is 4.50. The Morgan fingerprint density at radius 3 is 2.45 bits per heavy atom. The first-order valence-electron chi connectivity index (χ1n) is 9.34. The van der Waals surface area contributed by atoms with Crippen molar-refractivity contribution in [2.45, 2.75) is 6.42 Å². The number of anilines is 1. The van der Waals surface area contributed by atoms with Crippen LogP contribution >= 0.6 is 0 Å². The maximum atomic E-state index is 5.29. The molecule has 4 aromatic rings. The Kier molecular flexibility index (Phi) is 7.94. The number of nitrogens with zero attached hydrogens (tertiary/aromatic N) is 6. The summed E-state index contributed by atoms with van der Waals surface area (Å²) in [5, 5.41) is 18.2. The first kappa shape index (κ1) is 22.7. The van der Waals surface area contributed by atoms with Gasteiger partial charge >= 0.3 is 35.6 Å². The van der Waals surface area contributed by atoms with Crippen molar-refractivity contribution < 1.29 is 39.0 Å². The van der Waals surface area contributed by atoms with Crippen molar-refractivity contribution in [1.29, 1.82) is 0 Å². The molecule has 2 aromatic carbocycles. The molecule has 4 rings (SSSR count). The van der Waals surface area contributed by atoms with Gasteiger partial charge in [0.25, 0.3) is 0 Å². The van der Waals surface area contributed by atoms with Crippen LogP contribution in [0.15, 0.2) is 54.6 Å². The van der Waals surface area contributed by atoms with Crippen molar-refractivity contribution in [2.24, 2.45) is 0 Å². The van der Waals surface area contributed by atoms with Crippen LogP contribution in [0.1, 0.15) is 5.56 Å². The number of benzene rings is 2. The van der Waals surface area contributed by atoms with Crippen LogP contribution < -0.4 is 49.4 Å². The molecule has 0 saturated heterocycles. The van der Waals surface area contributed by atoms with E-state index in [1.807, 2.05) is 54.6 Å². The minimum atomic E-state index is 0. The second-order valence-electron chi connectivity index (χ2n) is 6.43. The van der Waals surface area contributed by atoms with Gasteiger partial charge in [-0.2, -0.15) is 15.2 Å². The van der Waals surface area contributed by atoms with Gasteiger partial charge in [0.2, 0.25) is 0 Å². The topological polar surface area (TPSA) is 109 Å². The molecule has 0 amide bonds. The van der Waals surface area contributed by atoms with E-state index in [2.05, 4.69) is 35.9 Å². The summed E-state index contributed by atoms with van der Waals surface area (Å²) in [5.41, 5.74) is 3.62. The van der Waals surface area contributed by atoms with E-state index in [1.54, 1.807) is 14.2 Å². The Labute approximate surface area is 201 Å². The predicted octanol–water partition coefficient (Wildman–Crippen LogP) is -0.371. The number of tetrazole rings is 1. The Morgan fingerprint density at radius 2 is 1.74 bits per heavy atom. The van der Waals surface area contributed by atoms with Crippen LogP contribution in [-0.2, 0) is 6.42 Å². The molecule has 0 radical (unpaired) electrons. The minimum absolute atomic E-state index is 0. The number of hydrogen-bond donors (Lipinski definition) is 1. The van der Waals surface area contributed by atoms with Crippen molar-refractivity contribution in [1.82, 2.24) is 30.6 Å². The summed E-state index contributed by atoms with van der Waals surface area (Å²) in [6, 6.07) is 17.9. The monoisotopic (exact) mass is 425 g/mol. The zero-order valence-corrected chi connectivity index (χ0v) is 19.6. The summed E-state index contributed by atoms with van der Waals surface area (Å²) in [7, 11) is 3.21. The quantitative estimate of drug-likeness (QED) is 0.378. The maximum absolute atomic E-state index is 5.29. The third kappa shape index (κ3) is 5.78. The van der Waals surface area contributed by atoms with Crippen LogP contribution in [0.5, 0.6) is 11.8 Å². The summed E-state index contributed by atoms with van der Waals surface area (Å²) >= 11 is 0. The fourth-order valence-electron chi connectivity index (χ4n) is 2.96. The molecule has 0 aliphatic carbocycles. The Bertz CT molecular complexity index is 1110. The molecule has 0 unspecified atom stereocenters. The fraction of sp³-hybridized carbons (Fsp3) is 0.190. The van der Waals surface area contributed by atoms with Gasteiger partial charge in [0.1, 0.15) is 11.6 Å². The van der Waals surface area contributed by atoms with E-state index in [9.17, 15) is 0 Å². The molecule has 0 saturated carbocycles. The molecule has 0 bridgehead atoms. The fourth-order valence-corrected chi connectivity index (χ4v) is 2.96. The number of ether oxygens (including phenoxy) is 2. The molecule has 0 spiro atoms. The molecule has 152 valence electrons. The Morgan fingerprint density at radius 1 is 0.935 bits per heavy atom. The Balaban J connectivity index is 0.00000272. The molecule has 0 atom stereocenters. The minimum Gasteiger partial charge on any atom is -0.497 e. The number of rotatable bonds is 8. The average Bonchev–Trinajstić information content (AvgIpc) is 3.34. The number of methoxy groups -OCH3 is 2. The summed E-state index contributed by atoms with van der Waals surface area (Å²) < 4.78 is 10.5. The van der Waals surface area contributed by atoms with Gasteiger partial charge in [-0.15, -0.1) is 0 Å². The van der Waals surface area contributed by atoms with E-state index in [0.29, 0.717) is 18.2 Å². The molecular weight excluding hydrogens is 405 g/mol. The zero-order valence-electron chi connectivity index (χ0n) is 17.6. The van der Waals surface area contributed by atoms with Gasteiger partial charge in [-0.25, -0.2) is 0 Å². The number of hydrogen-bond acceptors (Lipinski definition) is 8. The van der Waals surface area contributed by atoms with E-state index < -0.39 is 0 Å². The smallest absolute Gasteiger partial charge is 0.497 e. The molecule has 9 nitrogen and oxygen atoms in total. The van der Waals surface area contributed by atoms with Crippen molar-refractivity contribution in [3.05, 3.63) is 60.2 Å². The molecule has 0 aliphatic heterocycles. The molecule has 0 fully saturated rings. The van der Waals surface area contributed by atoms with Crippen molar-refractivity contribution in [3.8, 4) is 34.4 Å². The maximum Gasteiger partial charge on any atom is 1.00 e. The van der Waals surface area contributed by atoms with Gasteiger partial charge in [-0.05, 0) is 35.7 Å². The number of aromatic nitrogens is 6. The third-order valence-electron chi connectivity index (χ3n) is 4.50. The van der Waals surface area contributed by atoms with E-state index in [1.165, 1.54) is 5.56 Å². The first-order chi connectivity index (χ1) is 14.7. The van der Waals surface area contributed by atoms with E-state index in [4.69, 9.17) is 9.47 Å². The molecule has 2 heterocycles. The molecule has 10 heteroatoms. The molecule has 0 aliphatic rings. The SMILES string of the molecule is COc1ccc(CCNc2cc(-c3cccc(-c4nnn[n-]4)c3)nc(OC)n2)cc1.[Na+]. The van der Waals surface area contributed by atoms with Gasteiger partial charge in [-0.1, -0.05) is 30.3 Å². The standard InChI is InChI=1S/C21H20N7O2.Na/c1-29-17-8-6-14(7-9-17)10-11-22-19-13-18(23-21(24-19)30-2)15-4-3-5-16(12-15)20-25-27-28-26-20;/h3-9,12-13H,10-11H2,1-2H3,(H-,22,23,24,25,26,27,28);/q-1;+1. The zero-order chi connectivity index (χ0) is 20.8. The van der Waals surface area contributed by atoms with E-state index in [0.717, 1.165) is 29.0 Å². The van der Waals surface area contributed by atoms with Crippen LogP contribution in [0.3, 0.4) is 0 Å². The summed E-state index contributed by atoms with van der Waals surface area (Å²) in [5.74, 6) is 2.00. The first-order valence-corrected chi connectivity index (χ1v) is 9.34. The van der Waals surface area contributed by atoms with Crippen LogP contribution in [0.25, 0.3) is 22.6 Å². The van der Waals surface area contributed by atoms with Crippen molar-refractivity contribution >= 4 is 5.82 Å². The molecule has 1 N–H and O–H groups in total. The predicted molar refractivity (Wildman–Crippen MR) is 111 cm³/mol. The molecule has 2 aromatic heterocycles. The van der Waals surface area contributed by atoms with E-state index >= 15 is 0 Å². The summed E-state index contributed by atoms with van der Waals surface area (Å²) in [6.45, 7) is 0.713. The second kappa shape index (κ2) is 10.9. The van der Waals surface area contributed by atoms with Crippen LogP contribution in [0, 0.1) is 0 Å². The van der Waals surface area contributed by atoms with Gasteiger partial charge < -0.3 is 19.9 Å².